The van der Waals surface area contributed by atoms with Crippen LogP contribution in [0.4, 0.5) is 0 Å². The summed E-state index contributed by atoms with van der Waals surface area (Å²) in [5.74, 6) is -23.3. The Hall–Kier alpha value is -12.7. The van der Waals surface area contributed by atoms with Gasteiger partial charge in [-0.1, -0.05) is 0 Å². The molecule has 0 amide bonds. The molecule has 86 heavy (non-hydrogen) atoms. The standard InChI is InChI=1S/7C7H6O5.H3P.H4Si/c7*8-4-1-3(7(11)12)2-5(9)6(4)10;;/h7*1-2,8-10H,(H,11,12);1H3;1H4. The van der Waals surface area contributed by atoms with Gasteiger partial charge in [0.05, 0.1) is 38.9 Å². The number of carbonyl (C=O) groups is 7. The van der Waals surface area contributed by atoms with E-state index in [4.69, 9.17) is 143 Å². The first-order valence-corrected chi connectivity index (χ1v) is 21.0. The Kier molecular flexibility index (Phi) is 28.5. The normalized spacial score (nSPS) is 9.44. The van der Waals surface area contributed by atoms with Gasteiger partial charge in [0.25, 0.3) is 0 Å². The number of benzene rings is 7. The maximum atomic E-state index is 10.3. The maximum Gasteiger partial charge on any atom is 0.335 e. The maximum absolute atomic E-state index is 10.3. The van der Waals surface area contributed by atoms with Crippen LogP contribution in [0.2, 0.25) is 0 Å². The van der Waals surface area contributed by atoms with Crippen LogP contribution in [0.1, 0.15) is 72.5 Å². The van der Waals surface area contributed by atoms with Crippen molar-refractivity contribution in [3.05, 3.63) is 124 Å². The van der Waals surface area contributed by atoms with E-state index >= 15 is 0 Å². The van der Waals surface area contributed by atoms with Crippen molar-refractivity contribution in [1.29, 1.82) is 0 Å². The molecule has 464 valence electrons. The topological polar surface area (TPSA) is 686 Å². The van der Waals surface area contributed by atoms with E-state index in [9.17, 15) is 33.6 Å². The van der Waals surface area contributed by atoms with Crippen molar-refractivity contribution < 1.29 is 177 Å². The second-order valence-corrected chi connectivity index (χ2v) is 15.2. The summed E-state index contributed by atoms with van der Waals surface area (Å²) >= 11 is 0. The molecule has 7 rings (SSSR count). The summed E-state index contributed by atoms with van der Waals surface area (Å²) in [5.41, 5.74) is -2.02. The second kappa shape index (κ2) is 32.5. The highest BCUT2D eigenvalue weighted by molar-refractivity contribution is 6.92. The van der Waals surface area contributed by atoms with E-state index in [0.717, 1.165) is 84.9 Å². The first-order chi connectivity index (χ1) is 38.6. The lowest BCUT2D eigenvalue weighted by Gasteiger charge is -2.01. The van der Waals surface area contributed by atoms with Crippen LogP contribution in [-0.2, 0) is 0 Å². The van der Waals surface area contributed by atoms with Gasteiger partial charge in [-0.15, -0.1) is 0 Å². The summed E-state index contributed by atoms with van der Waals surface area (Å²) in [5, 5.41) is 245. The van der Waals surface area contributed by atoms with E-state index in [-0.39, 0.29) is 59.8 Å². The number of rotatable bonds is 7. The molecule has 0 radical (unpaired) electrons. The van der Waals surface area contributed by atoms with E-state index in [1.165, 1.54) is 0 Å². The predicted molar refractivity (Wildman–Crippen MR) is 291 cm³/mol. The molecule has 0 aliphatic carbocycles. The van der Waals surface area contributed by atoms with Crippen LogP contribution in [0.3, 0.4) is 0 Å². The van der Waals surface area contributed by atoms with Crippen molar-refractivity contribution in [2.75, 3.05) is 0 Å². The largest absolute Gasteiger partial charge is 0.504 e. The van der Waals surface area contributed by atoms with Gasteiger partial charge in [0.15, 0.2) is 121 Å². The fourth-order valence-electron chi connectivity index (χ4n) is 5.09. The van der Waals surface area contributed by atoms with Crippen molar-refractivity contribution >= 4 is 62.6 Å². The quantitative estimate of drug-likeness (QED) is 0.0617. The van der Waals surface area contributed by atoms with Crippen molar-refractivity contribution in [1.82, 2.24) is 0 Å². The fourth-order valence-corrected chi connectivity index (χ4v) is 5.09. The predicted octanol–water partition coefficient (Wildman–Crippen LogP) is 2.12. The van der Waals surface area contributed by atoms with Gasteiger partial charge in [-0.3, -0.25) is 0 Å². The second-order valence-electron chi connectivity index (χ2n) is 15.2. The smallest absolute Gasteiger partial charge is 0.335 e. The van der Waals surface area contributed by atoms with Crippen LogP contribution in [0, 0.1) is 0 Å². The molecule has 1 unspecified atom stereocenters. The number of phenolic OH excluding ortho intramolecular Hbond substituents is 21. The van der Waals surface area contributed by atoms with Crippen molar-refractivity contribution in [3.8, 4) is 121 Å². The molecule has 7 aromatic carbocycles. The summed E-state index contributed by atoms with van der Waals surface area (Å²) in [6.45, 7) is 0. The molecule has 0 saturated carbocycles. The highest BCUT2D eigenvalue weighted by Gasteiger charge is 2.17. The van der Waals surface area contributed by atoms with E-state index in [1.54, 1.807) is 0 Å². The van der Waals surface area contributed by atoms with Crippen LogP contribution in [0.5, 0.6) is 121 Å². The highest BCUT2D eigenvalue weighted by atomic mass is 31.0. The molecule has 7 aromatic rings. The Balaban J connectivity index is 0. The molecule has 0 spiro atoms. The molecule has 0 aliphatic rings. The summed E-state index contributed by atoms with van der Waals surface area (Å²) in [6.07, 6.45) is 0. The van der Waals surface area contributed by atoms with Gasteiger partial charge in [-0.25, -0.2) is 33.6 Å². The zero-order valence-corrected chi connectivity index (χ0v) is 43.1. The number of hydrogen-bond acceptors (Lipinski definition) is 28. The van der Waals surface area contributed by atoms with Crippen molar-refractivity contribution in [2.45, 2.75) is 0 Å². The lowest BCUT2D eigenvalue weighted by atomic mass is 10.2. The Morgan fingerprint density at radius 2 is 0.233 bits per heavy atom. The molecule has 0 aliphatic heterocycles. The SMILES string of the molecule is O=C(O)c1cc(O)c(O)c(O)c1.O=C(O)c1cc(O)c(O)c(O)c1.O=C(O)c1cc(O)c(O)c(O)c1.O=C(O)c1cc(O)c(O)c(O)c1.O=C(O)c1cc(O)c(O)c(O)c1.O=C(O)c1cc(O)c(O)c(O)c1.O=C(O)c1cc(O)c(O)c(O)c1.P.[SiH4]. The Labute approximate surface area is 482 Å². The average molecular weight is 1260 g/mol. The number of carboxylic acid groups (broad SMARTS) is 7. The third-order valence-corrected chi connectivity index (χ3v) is 9.22. The van der Waals surface area contributed by atoms with Gasteiger partial charge >= 0.3 is 41.8 Å². The third-order valence-electron chi connectivity index (χ3n) is 9.22. The van der Waals surface area contributed by atoms with Crippen LogP contribution >= 0.6 is 9.90 Å². The van der Waals surface area contributed by atoms with Crippen LogP contribution in [0.15, 0.2) is 84.9 Å². The Morgan fingerprint density at radius 1 is 0.174 bits per heavy atom. The molecule has 37 heteroatoms. The molecular weight excluding hydrogens is 1210 g/mol. The zero-order valence-electron chi connectivity index (χ0n) is 41.7. The Bertz CT molecular complexity index is 2830. The molecule has 0 fully saturated rings. The Morgan fingerprint density at radius 3 is 0.279 bits per heavy atom. The molecule has 35 nitrogen and oxygen atoms in total. The fraction of sp³-hybridized carbons (Fsp3) is 0. The van der Waals surface area contributed by atoms with Crippen molar-refractivity contribution in [2.24, 2.45) is 0 Å². The molecule has 1 atom stereocenters. The number of hydrogen-bond donors (Lipinski definition) is 28. The van der Waals surface area contributed by atoms with E-state index in [2.05, 4.69) is 0 Å². The summed E-state index contributed by atoms with van der Waals surface area (Å²) in [7, 11) is 0. The number of aromatic hydroxyl groups is 21. The van der Waals surface area contributed by atoms with Crippen LogP contribution < -0.4 is 0 Å². The van der Waals surface area contributed by atoms with E-state index in [1.807, 2.05) is 0 Å². The molecule has 0 aromatic heterocycles. The van der Waals surface area contributed by atoms with Gasteiger partial charge < -0.3 is 143 Å². The van der Waals surface area contributed by atoms with E-state index < -0.39 is 163 Å². The number of aromatic carboxylic acids is 7. The van der Waals surface area contributed by atoms with Crippen molar-refractivity contribution in [3.63, 3.8) is 0 Å². The molecule has 28 N–H and O–H groups in total. The monoisotopic (exact) mass is 1260 g/mol. The summed E-state index contributed by atoms with van der Waals surface area (Å²) < 4.78 is 0. The average Bonchev–Trinajstić information content (AvgIpc) is 3.40. The number of phenols is 21. The molecule has 0 saturated heterocycles. The summed E-state index contributed by atoms with van der Waals surface area (Å²) in [6, 6.07) is 11.8. The van der Waals surface area contributed by atoms with Gasteiger partial charge in [0, 0.05) is 0 Å². The van der Waals surface area contributed by atoms with Gasteiger partial charge in [0.2, 0.25) is 0 Å². The minimum absolute atomic E-state index is 0. The first kappa shape index (κ1) is 75.3. The lowest BCUT2D eigenvalue weighted by molar-refractivity contribution is 0.0685. The highest BCUT2D eigenvalue weighted by Crippen LogP contribution is 2.40. The zero-order chi connectivity index (χ0) is 65.1. The van der Waals surface area contributed by atoms with E-state index in [0.29, 0.717) is 0 Å². The van der Waals surface area contributed by atoms with Gasteiger partial charge in [-0.2, -0.15) is 9.90 Å². The minimum Gasteiger partial charge on any atom is -0.504 e. The first-order valence-electron chi connectivity index (χ1n) is 21.0. The molecular formula is C49H49O35PSi. The number of carboxylic acids is 7. The lowest BCUT2D eigenvalue weighted by Crippen LogP contribution is -1.95. The molecule has 0 bridgehead atoms. The molecule has 0 heterocycles. The summed E-state index contributed by atoms with van der Waals surface area (Å²) in [4.78, 5) is 72.2. The minimum atomic E-state index is -1.29. The van der Waals surface area contributed by atoms with Crippen LogP contribution in [0.25, 0.3) is 0 Å². The van der Waals surface area contributed by atoms with Gasteiger partial charge in [0.1, 0.15) is 0 Å². The van der Waals surface area contributed by atoms with Crippen LogP contribution in [-0.4, -0.2) is 196 Å². The third kappa shape index (κ3) is 21.7. The van der Waals surface area contributed by atoms with Gasteiger partial charge in [-0.05, 0) is 95.9 Å².